The SMILES string of the molecule is CC1(C)Oc2ccccc2C1CC(=O)O. The molecule has 0 fully saturated rings. The van der Waals surface area contributed by atoms with Crippen molar-refractivity contribution in [3.63, 3.8) is 0 Å². The highest BCUT2D eigenvalue weighted by molar-refractivity contribution is 5.69. The Hall–Kier alpha value is -1.51. The molecule has 0 radical (unpaired) electrons. The molecule has 1 aliphatic heterocycles. The number of para-hydroxylation sites is 1. The second-order valence-electron chi connectivity index (χ2n) is 4.39. The van der Waals surface area contributed by atoms with Gasteiger partial charge in [0.2, 0.25) is 0 Å². The number of carboxylic acids is 1. The predicted molar refractivity (Wildman–Crippen MR) is 56.1 cm³/mol. The molecule has 1 aromatic rings. The van der Waals surface area contributed by atoms with Crippen LogP contribution in [-0.4, -0.2) is 16.7 Å². The molecule has 1 heterocycles. The molecular formula is C12H14O3. The molecule has 0 saturated heterocycles. The Bertz CT molecular complexity index is 396. The summed E-state index contributed by atoms with van der Waals surface area (Å²) in [6.07, 6.45) is 0.115. The van der Waals surface area contributed by atoms with Gasteiger partial charge in [0.05, 0.1) is 6.42 Å². The van der Waals surface area contributed by atoms with Crippen molar-refractivity contribution in [1.82, 2.24) is 0 Å². The zero-order valence-corrected chi connectivity index (χ0v) is 8.86. The molecule has 2 rings (SSSR count). The van der Waals surface area contributed by atoms with Crippen LogP contribution < -0.4 is 4.74 Å². The van der Waals surface area contributed by atoms with Crippen LogP contribution in [0.1, 0.15) is 31.7 Å². The van der Waals surface area contributed by atoms with Gasteiger partial charge in [0.1, 0.15) is 11.4 Å². The van der Waals surface area contributed by atoms with Gasteiger partial charge in [-0.15, -0.1) is 0 Å². The largest absolute Gasteiger partial charge is 0.487 e. The number of carbonyl (C=O) groups is 1. The third-order valence-corrected chi connectivity index (χ3v) is 2.89. The van der Waals surface area contributed by atoms with E-state index >= 15 is 0 Å². The normalized spacial score (nSPS) is 21.9. The van der Waals surface area contributed by atoms with Gasteiger partial charge in [0.15, 0.2) is 0 Å². The highest BCUT2D eigenvalue weighted by Gasteiger charge is 2.41. The van der Waals surface area contributed by atoms with Crippen molar-refractivity contribution in [1.29, 1.82) is 0 Å². The van der Waals surface area contributed by atoms with Crippen LogP contribution in [0.25, 0.3) is 0 Å². The summed E-state index contributed by atoms with van der Waals surface area (Å²) < 4.78 is 5.74. The summed E-state index contributed by atoms with van der Waals surface area (Å²) in [7, 11) is 0. The first-order valence-electron chi connectivity index (χ1n) is 5.00. The first-order valence-corrected chi connectivity index (χ1v) is 5.00. The molecule has 0 amide bonds. The van der Waals surface area contributed by atoms with E-state index in [0.29, 0.717) is 0 Å². The Balaban J connectivity index is 2.38. The average molecular weight is 206 g/mol. The van der Waals surface area contributed by atoms with Crippen LogP contribution in [0.5, 0.6) is 5.75 Å². The third kappa shape index (κ3) is 1.69. The number of fused-ring (bicyclic) bond motifs is 1. The van der Waals surface area contributed by atoms with Crippen molar-refractivity contribution in [3.05, 3.63) is 29.8 Å². The number of carboxylic acid groups (broad SMARTS) is 1. The summed E-state index contributed by atoms with van der Waals surface area (Å²) in [6.45, 7) is 3.86. The standard InChI is InChI=1S/C12H14O3/c1-12(2)9(7-11(13)14)8-5-3-4-6-10(8)15-12/h3-6,9H,7H2,1-2H3,(H,13,14). The Morgan fingerprint density at radius 2 is 2.13 bits per heavy atom. The fourth-order valence-corrected chi connectivity index (χ4v) is 2.12. The van der Waals surface area contributed by atoms with E-state index in [-0.39, 0.29) is 12.3 Å². The van der Waals surface area contributed by atoms with Crippen LogP contribution in [0.4, 0.5) is 0 Å². The minimum Gasteiger partial charge on any atom is -0.487 e. The number of benzene rings is 1. The molecule has 0 saturated carbocycles. The van der Waals surface area contributed by atoms with Crippen LogP contribution in [0.3, 0.4) is 0 Å². The number of rotatable bonds is 2. The van der Waals surface area contributed by atoms with Crippen LogP contribution in [0.2, 0.25) is 0 Å². The fraction of sp³-hybridized carbons (Fsp3) is 0.417. The number of ether oxygens (including phenoxy) is 1. The van der Waals surface area contributed by atoms with E-state index in [1.54, 1.807) is 0 Å². The van der Waals surface area contributed by atoms with Gasteiger partial charge in [-0.1, -0.05) is 18.2 Å². The molecule has 0 bridgehead atoms. The lowest BCUT2D eigenvalue weighted by Gasteiger charge is -2.25. The summed E-state index contributed by atoms with van der Waals surface area (Å²) >= 11 is 0. The molecule has 3 nitrogen and oxygen atoms in total. The lowest BCUT2D eigenvalue weighted by molar-refractivity contribution is -0.138. The van der Waals surface area contributed by atoms with Crippen LogP contribution in [0, 0.1) is 0 Å². The molecule has 1 aliphatic rings. The van der Waals surface area contributed by atoms with E-state index in [1.807, 2.05) is 38.1 Å². The third-order valence-electron chi connectivity index (χ3n) is 2.89. The smallest absolute Gasteiger partial charge is 0.304 e. The van der Waals surface area contributed by atoms with E-state index in [9.17, 15) is 4.79 Å². The van der Waals surface area contributed by atoms with Crippen LogP contribution >= 0.6 is 0 Å². The molecule has 0 aromatic heterocycles. The van der Waals surface area contributed by atoms with Gasteiger partial charge in [-0.3, -0.25) is 4.79 Å². The molecule has 0 spiro atoms. The zero-order valence-electron chi connectivity index (χ0n) is 8.86. The molecule has 1 unspecified atom stereocenters. The Morgan fingerprint density at radius 3 is 2.80 bits per heavy atom. The lowest BCUT2D eigenvalue weighted by atomic mass is 9.84. The highest BCUT2D eigenvalue weighted by atomic mass is 16.5. The molecular weight excluding hydrogens is 192 g/mol. The van der Waals surface area contributed by atoms with Gasteiger partial charge >= 0.3 is 5.97 Å². The predicted octanol–water partition coefficient (Wildman–Crippen LogP) is 2.42. The second kappa shape index (κ2) is 3.26. The van der Waals surface area contributed by atoms with E-state index in [1.165, 1.54) is 0 Å². The monoisotopic (exact) mass is 206 g/mol. The first kappa shape index (κ1) is 10.0. The van der Waals surface area contributed by atoms with Gasteiger partial charge in [0, 0.05) is 11.5 Å². The van der Waals surface area contributed by atoms with Gasteiger partial charge in [-0.2, -0.15) is 0 Å². The second-order valence-corrected chi connectivity index (χ2v) is 4.39. The minimum atomic E-state index is -0.784. The summed E-state index contributed by atoms with van der Waals surface area (Å²) in [5.74, 6) is -0.0340. The Kier molecular flexibility index (Phi) is 2.18. The molecule has 1 aromatic carbocycles. The molecule has 15 heavy (non-hydrogen) atoms. The van der Waals surface area contributed by atoms with Crippen LogP contribution in [0.15, 0.2) is 24.3 Å². The summed E-state index contributed by atoms with van der Waals surface area (Å²) in [6, 6.07) is 7.65. The molecule has 3 heteroatoms. The van der Waals surface area contributed by atoms with Crippen molar-refractivity contribution in [3.8, 4) is 5.75 Å². The van der Waals surface area contributed by atoms with Gasteiger partial charge in [-0.05, 0) is 19.9 Å². The summed E-state index contributed by atoms with van der Waals surface area (Å²) in [4.78, 5) is 10.8. The van der Waals surface area contributed by atoms with E-state index in [2.05, 4.69) is 0 Å². The zero-order chi connectivity index (χ0) is 11.1. The maximum atomic E-state index is 10.8. The fourth-order valence-electron chi connectivity index (χ4n) is 2.12. The van der Waals surface area contributed by atoms with Gasteiger partial charge in [0.25, 0.3) is 0 Å². The molecule has 0 aliphatic carbocycles. The topological polar surface area (TPSA) is 46.5 Å². The first-order chi connectivity index (χ1) is 7.00. The summed E-state index contributed by atoms with van der Waals surface area (Å²) in [5, 5.41) is 8.88. The minimum absolute atomic E-state index is 0.0637. The maximum Gasteiger partial charge on any atom is 0.304 e. The van der Waals surface area contributed by atoms with Crippen molar-refractivity contribution in [2.75, 3.05) is 0 Å². The molecule has 1 atom stereocenters. The Morgan fingerprint density at radius 1 is 1.47 bits per heavy atom. The number of aliphatic carboxylic acids is 1. The van der Waals surface area contributed by atoms with E-state index < -0.39 is 11.6 Å². The van der Waals surface area contributed by atoms with Crippen molar-refractivity contribution in [2.24, 2.45) is 0 Å². The average Bonchev–Trinajstić information content (AvgIpc) is 2.37. The Labute approximate surface area is 88.7 Å². The van der Waals surface area contributed by atoms with Crippen molar-refractivity contribution < 1.29 is 14.6 Å². The highest BCUT2D eigenvalue weighted by Crippen LogP contribution is 2.45. The quantitative estimate of drug-likeness (QED) is 0.808. The number of hydrogen-bond donors (Lipinski definition) is 1. The van der Waals surface area contributed by atoms with Crippen molar-refractivity contribution >= 4 is 5.97 Å². The number of hydrogen-bond acceptors (Lipinski definition) is 2. The molecule has 1 N–H and O–H groups in total. The summed E-state index contributed by atoms with van der Waals surface area (Å²) in [5.41, 5.74) is 0.576. The van der Waals surface area contributed by atoms with E-state index in [4.69, 9.17) is 9.84 Å². The van der Waals surface area contributed by atoms with E-state index in [0.717, 1.165) is 11.3 Å². The van der Waals surface area contributed by atoms with Gasteiger partial charge in [-0.25, -0.2) is 0 Å². The maximum absolute atomic E-state index is 10.8. The van der Waals surface area contributed by atoms with Gasteiger partial charge < -0.3 is 9.84 Å². The van der Waals surface area contributed by atoms with Crippen LogP contribution in [-0.2, 0) is 4.79 Å². The lowest BCUT2D eigenvalue weighted by Crippen LogP contribution is -2.31. The van der Waals surface area contributed by atoms with Crippen molar-refractivity contribution in [2.45, 2.75) is 31.8 Å². The molecule has 80 valence electrons.